The van der Waals surface area contributed by atoms with Gasteiger partial charge in [0.05, 0.1) is 12.0 Å². The molecule has 1 aromatic carbocycles. The molecule has 0 aliphatic carbocycles. The van der Waals surface area contributed by atoms with E-state index in [1.807, 2.05) is 0 Å². The van der Waals surface area contributed by atoms with Crippen LogP contribution in [0.15, 0.2) is 47.4 Å². The van der Waals surface area contributed by atoms with E-state index in [9.17, 15) is 19.1 Å². The molecule has 0 amide bonds. The van der Waals surface area contributed by atoms with E-state index in [0.29, 0.717) is 30.5 Å². The summed E-state index contributed by atoms with van der Waals surface area (Å²) in [6.07, 6.45) is 1.91. The second-order valence-corrected chi connectivity index (χ2v) is 8.21. The zero-order chi connectivity index (χ0) is 23.4. The van der Waals surface area contributed by atoms with Crippen molar-refractivity contribution in [3.63, 3.8) is 0 Å². The van der Waals surface area contributed by atoms with E-state index >= 15 is 0 Å². The van der Waals surface area contributed by atoms with Crippen LogP contribution in [0.3, 0.4) is 0 Å². The quantitative estimate of drug-likeness (QED) is 0.546. The fourth-order valence-corrected chi connectivity index (χ4v) is 3.95. The van der Waals surface area contributed by atoms with Crippen LogP contribution >= 0.6 is 0 Å². The molecule has 174 valence electrons. The lowest BCUT2D eigenvalue weighted by atomic mass is 10.1. The highest BCUT2D eigenvalue weighted by molar-refractivity contribution is 5.98. The number of aromatic hydroxyl groups is 1. The molecule has 0 unspecified atom stereocenters. The fraction of sp³-hybridized carbons (Fsp3) is 0.375. The van der Waals surface area contributed by atoms with Crippen LogP contribution in [0, 0.1) is 5.82 Å². The Bertz CT molecular complexity index is 1190. The van der Waals surface area contributed by atoms with Crippen LogP contribution in [-0.4, -0.2) is 76.8 Å². The Morgan fingerprint density at radius 2 is 1.85 bits per heavy atom. The number of carbonyl (C=O) groups excluding carboxylic acids is 1. The van der Waals surface area contributed by atoms with Crippen molar-refractivity contribution in [2.45, 2.75) is 13.0 Å². The van der Waals surface area contributed by atoms with E-state index in [1.54, 1.807) is 30.5 Å². The van der Waals surface area contributed by atoms with Crippen molar-refractivity contribution < 1.29 is 19.0 Å². The zero-order valence-corrected chi connectivity index (χ0v) is 18.5. The van der Waals surface area contributed by atoms with Gasteiger partial charge >= 0.3 is 5.97 Å². The van der Waals surface area contributed by atoms with Gasteiger partial charge in [-0.3, -0.25) is 14.3 Å². The monoisotopic (exact) mass is 454 g/mol. The van der Waals surface area contributed by atoms with Gasteiger partial charge in [0, 0.05) is 51.9 Å². The van der Waals surface area contributed by atoms with E-state index in [2.05, 4.69) is 21.8 Å². The van der Waals surface area contributed by atoms with Crippen LogP contribution in [0.5, 0.6) is 5.75 Å². The van der Waals surface area contributed by atoms with Crippen LogP contribution < -0.4 is 5.56 Å². The maximum atomic E-state index is 13.2. The number of carbonyl (C=O) groups is 1. The Hall–Kier alpha value is -3.30. The molecule has 0 saturated carbocycles. The van der Waals surface area contributed by atoms with Crippen molar-refractivity contribution in [3.05, 3.63) is 69.9 Å². The molecule has 1 aliphatic rings. The Labute approximate surface area is 190 Å². The van der Waals surface area contributed by atoms with Crippen molar-refractivity contribution in [3.8, 4) is 5.75 Å². The van der Waals surface area contributed by atoms with Gasteiger partial charge in [0.25, 0.3) is 5.56 Å². The molecule has 2 aromatic heterocycles. The summed E-state index contributed by atoms with van der Waals surface area (Å²) in [7, 11) is 2.08. The van der Waals surface area contributed by atoms with E-state index in [-0.39, 0.29) is 12.4 Å². The molecule has 8 nitrogen and oxygen atoms in total. The standard InChI is InChI=1S/C24H27FN4O4/c1-27-10-12-28(13-11-27)14-15-29-22-19(3-2-9-26-22)21(30)20(23(29)31)24(32)33-16-8-17-4-6-18(25)7-5-17/h2-7,9,30H,8,10-16H2,1H3. The lowest BCUT2D eigenvalue weighted by Crippen LogP contribution is -2.46. The summed E-state index contributed by atoms with van der Waals surface area (Å²) < 4.78 is 19.8. The van der Waals surface area contributed by atoms with E-state index in [0.717, 1.165) is 31.7 Å². The van der Waals surface area contributed by atoms with E-state index in [1.165, 1.54) is 16.7 Å². The van der Waals surface area contributed by atoms with Gasteiger partial charge in [-0.05, 0) is 36.9 Å². The highest BCUT2D eigenvalue weighted by Crippen LogP contribution is 2.25. The first-order chi connectivity index (χ1) is 15.9. The minimum Gasteiger partial charge on any atom is -0.506 e. The Morgan fingerprint density at radius 1 is 1.12 bits per heavy atom. The number of ether oxygens (including phenoxy) is 1. The van der Waals surface area contributed by atoms with Gasteiger partial charge in [-0.25, -0.2) is 14.2 Å². The lowest BCUT2D eigenvalue weighted by Gasteiger charge is -2.32. The molecule has 33 heavy (non-hydrogen) atoms. The molecule has 0 atom stereocenters. The smallest absolute Gasteiger partial charge is 0.347 e. The molecular formula is C24H27FN4O4. The summed E-state index contributed by atoms with van der Waals surface area (Å²) in [4.78, 5) is 34.8. The predicted octanol–water partition coefficient (Wildman–Crippen LogP) is 1.89. The van der Waals surface area contributed by atoms with Gasteiger partial charge in [-0.2, -0.15) is 0 Å². The van der Waals surface area contributed by atoms with Crippen molar-refractivity contribution in [1.29, 1.82) is 0 Å². The summed E-state index contributed by atoms with van der Waals surface area (Å²) >= 11 is 0. The average Bonchev–Trinajstić information content (AvgIpc) is 2.81. The molecule has 3 heterocycles. The number of nitrogens with zero attached hydrogens (tertiary/aromatic N) is 4. The third-order valence-electron chi connectivity index (χ3n) is 5.97. The Morgan fingerprint density at radius 3 is 2.58 bits per heavy atom. The number of hydrogen-bond acceptors (Lipinski definition) is 7. The van der Waals surface area contributed by atoms with Crippen molar-refractivity contribution in [2.24, 2.45) is 0 Å². The van der Waals surface area contributed by atoms with Gasteiger partial charge in [-0.1, -0.05) is 12.1 Å². The summed E-state index contributed by atoms with van der Waals surface area (Å²) in [5, 5.41) is 11.0. The third kappa shape index (κ3) is 5.20. The third-order valence-corrected chi connectivity index (χ3v) is 5.97. The van der Waals surface area contributed by atoms with Crippen LogP contribution in [0.2, 0.25) is 0 Å². The second-order valence-electron chi connectivity index (χ2n) is 8.21. The van der Waals surface area contributed by atoms with E-state index < -0.39 is 22.8 Å². The second kappa shape index (κ2) is 10.1. The number of rotatable bonds is 7. The first-order valence-electron chi connectivity index (χ1n) is 11.0. The van der Waals surface area contributed by atoms with Gasteiger partial charge in [0.2, 0.25) is 0 Å². The molecule has 1 fully saturated rings. The number of esters is 1. The molecular weight excluding hydrogens is 427 g/mol. The van der Waals surface area contributed by atoms with Gasteiger partial charge in [0.15, 0.2) is 5.56 Å². The lowest BCUT2D eigenvalue weighted by molar-refractivity contribution is 0.0503. The van der Waals surface area contributed by atoms with Crippen molar-refractivity contribution >= 4 is 17.0 Å². The topological polar surface area (TPSA) is 87.9 Å². The maximum absolute atomic E-state index is 13.2. The number of piperazine rings is 1. The number of likely N-dealkylation sites (N-methyl/N-ethyl adjacent to an activating group) is 1. The first kappa shape index (κ1) is 22.9. The average molecular weight is 455 g/mol. The molecule has 0 spiro atoms. The fourth-order valence-electron chi connectivity index (χ4n) is 3.95. The SMILES string of the molecule is CN1CCN(CCn2c(=O)c(C(=O)OCCc3ccc(F)cc3)c(O)c3cccnc32)CC1. The number of hydrogen-bond donors (Lipinski definition) is 1. The zero-order valence-electron chi connectivity index (χ0n) is 18.5. The highest BCUT2D eigenvalue weighted by Gasteiger charge is 2.24. The normalized spacial score (nSPS) is 15.1. The van der Waals surface area contributed by atoms with Gasteiger partial charge in [0.1, 0.15) is 17.2 Å². The number of halogens is 1. The Balaban J connectivity index is 1.54. The predicted molar refractivity (Wildman–Crippen MR) is 122 cm³/mol. The molecule has 0 bridgehead atoms. The molecule has 1 aliphatic heterocycles. The minimum absolute atomic E-state index is 0.00425. The summed E-state index contributed by atoms with van der Waals surface area (Å²) in [6.45, 7) is 4.66. The first-order valence-corrected chi connectivity index (χ1v) is 11.0. The molecule has 3 aromatic rings. The number of pyridine rings is 2. The van der Waals surface area contributed by atoms with Crippen LogP contribution in [-0.2, 0) is 17.7 Å². The number of benzene rings is 1. The molecule has 1 N–H and O–H groups in total. The molecule has 4 rings (SSSR count). The van der Waals surface area contributed by atoms with Gasteiger partial charge < -0.3 is 14.7 Å². The summed E-state index contributed by atoms with van der Waals surface area (Å²) in [6, 6.07) is 9.14. The Kier molecular flexibility index (Phi) is 7.00. The molecule has 1 saturated heterocycles. The number of aromatic nitrogens is 2. The van der Waals surface area contributed by atoms with Crippen molar-refractivity contribution in [2.75, 3.05) is 46.4 Å². The van der Waals surface area contributed by atoms with Crippen LogP contribution in [0.1, 0.15) is 15.9 Å². The highest BCUT2D eigenvalue weighted by atomic mass is 19.1. The van der Waals surface area contributed by atoms with Gasteiger partial charge in [-0.15, -0.1) is 0 Å². The summed E-state index contributed by atoms with van der Waals surface area (Å²) in [5.74, 6) is -1.66. The minimum atomic E-state index is -0.890. The number of fused-ring (bicyclic) bond motifs is 1. The van der Waals surface area contributed by atoms with E-state index in [4.69, 9.17) is 4.74 Å². The molecule has 0 radical (unpaired) electrons. The summed E-state index contributed by atoms with van der Waals surface area (Å²) in [5.41, 5.74) is 0.102. The maximum Gasteiger partial charge on any atom is 0.347 e. The van der Waals surface area contributed by atoms with Crippen LogP contribution in [0.25, 0.3) is 11.0 Å². The van der Waals surface area contributed by atoms with Crippen LogP contribution in [0.4, 0.5) is 4.39 Å². The van der Waals surface area contributed by atoms with Crippen molar-refractivity contribution in [1.82, 2.24) is 19.4 Å². The largest absolute Gasteiger partial charge is 0.506 e. The molecule has 9 heteroatoms.